The van der Waals surface area contributed by atoms with Crippen LogP contribution in [0.25, 0.3) is 0 Å². The van der Waals surface area contributed by atoms with Crippen molar-refractivity contribution in [1.82, 2.24) is 14.9 Å². The molecule has 1 aliphatic rings. The van der Waals surface area contributed by atoms with Crippen LogP contribution in [0.5, 0.6) is 0 Å². The number of benzene rings is 1. The van der Waals surface area contributed by atoms with Crippen molar-refractivity contribution in [2.24, 2.45) is 0 Å². The topological polar surface area (TPSA) is 35.5 Å². The SMILES string of the molecule is Cc1cccc(CN2CCN(c3nccc(N(C)C)n3)CC2)c1. The van der Waals surface area contributed by atoms with E-state index in [9.17, 15) is 0 Å². The van der Waals surface area contributed by atoms with Crippen LogP contribution >= 0.6 is 0 Å². The van der Waals surface area contributed by atoms with Crippen molar-refractivity contribution >= 4 is 11.8 Å². The number of nitrogens with zero attached hydrogens (tertiary/aromatic N) is 5. The number of aryl methyl sites for hydroxylation is 1. The van der Waals surface area contributed by atoms with E-state index < -0.39 is 0 Å². The van der Waals surface area contributed by atoms with Gasteiger partial charge in [-0.2, -0.15) is 4.98 Å². The van der Waals surface area contributed by atoms with Crippen LogP contribution in [-0.2, 0) is 6.54 Å². The van der Waals surface area contributed by atoms with Gasteiger partial charge in [-0.3, -0.25) is 4.90 Å². The highest BCUT2D eigenvalue weighted by Gasteiger charge is 2.19. The highest BCUT2D eigenvalue weighted by Crippen LogP contribution is 2.16. The molecule has 1 aromatic heterocycles. The van der Waals surface area contributed by atoms with Crippen LogP contribution in [0.15, 0.2) is 36.5 Å². The van der Waals surface area contributed by atoms with E-state index in [1.807, 2.05) is 31.3 Å². The Balaban J connectivity index is 1.59. The number of hydrogen-bond donors (Lipinski definition) is 0. The van der Waals surface area contributed by atoms with Gasteiger partial charge in [-0.15, -0.1) is 0 Å². The Hall–Kier alpha value is -2.14. The number of rotatable bonds is 4. The van der Waals surface area contributed by atoms with Gasteiger partial charge in [0.05, 0.1) is 0 Å². The van der Waals surface area contributed by atoms with Gasteiger partial charge < -0.3 is 9.80 Å². The third-order valence-corrected chi connectivity index (χ3v) is 4.23. The lowest BCUT2D eigenvalue weighted by molar-refractivity contribution is 0.248. The van der Waals surface area contributed by atoms with Gasteiger partial charge in [0.25, 0.3) is 0 Å². The molecule has 5 heteroatoms. The second-order valence-corrected chi connectivity index (χ2v) is 6.36. The molecule has 5 nitrogen and oxygen atoms in total. The maximum absolute atomic E-state index is 4.64. The standard InChI is InChI=1S/C18H25N5/c1-15-5-4-6-16(13-15)14-22-9-11-23(12-10-22)18-19-8-7-17(20-18)21(2)3/h4-8,13H,9-12,14H2,1-3H3. The summed E-state index contributed by atoms with van der Waals surface area (Å²) in [7, 11) is 4.01. The zero-order valence-electron chi connectivity index (χ0n) is 14.2. The Labute approximate surface area is 138 Å². The minimum absolute atomic E-state index is 0.839. The highest BCUT2D eigenvalue weighted by molar-refractivity contribution is 5.42. The average Bonchev–Trinajstić information content (AvgIpc) is 2.56. The van der Waals surface area contributed by atoms with E-state index in [-0.39, 0.29) is 0 Å². The molecule has 1 aliphatic heterocycles. The van der Waals surface area contributed by atoms with Gasteiger partial charge in [0.2, 0.25) is 5.95 Å². The summed E-state index contributed by atoms with van der Waals surface area (Å²) in [6.45, 7) is 7.21. The Morgan fingerprint density at radius 3 is 2.57 bits per heavy atom. The van der Waals surface area contributed by atoms with Gasteiger partial charge in [-0.05, 0) is 18.6 Å². The molecule has 0 N–H and O–H groups in total. The molecule has 2 heterocycles. The van der Waals surface area contributed by atoms with Gasteiger partial charge in [-0.1, -0.05) is 29.8 Å². The molecule has 0 aliphatic carbocycles. The van der Waals surface area contributed by atoms with Crippen molar-refractivity contribution in [3.05, 3.63) is 47.7 Å². The van der Waals surface area contributed by atoms with Crippen LogP contribution in [0.3, 0.4) is 0 Å². The molecule has 0 bridgehead atoms. The van der Waals surface area contributed by atoms with Crippen molar-refractivity contribution < 1.29 is 0 Å². The summed E-state index contributed by atoms with van der Waals surface area (Å²) in [4.78, 5) is 15.9. The molecule has 0 unspecified atom stereocenters. The molecule has 0 saturated carbocycles. The Morgan fingerprint density at radius 1 is 1.09 bits per heavy atom. The van der Waals surface area contributed by atoms with Crippen LogP contribution in [0.4, 0.5) is 11.8 Å². The third kappa shape index (κ3) is 3.99. The summed E-state index contributed by atoms with van der Waals surface area (Å²) in [5.41, 5.74) is 2.72. The van der Waals surface area contributed by atoms with Crippen LogP contribution in [0, 0.1) is 6.92 Å². The Kier molecular flexibility index (Phi) is 4.76. The smallest absolute Gasteiger partial charge is 0.227 e. The van der Waals surface area contributed by atoms with Crippen molar-refractivity contribution in [1.29, 1.82) is 0 Å². The van der Waals surface area contributed by atoms with E-state index in [1.165, 1.54) is 11.1 Å². The quantitative estimate of drug-likeness (QED) is 0.865. The van der Waals surface area contributed by atoms with E-state index in [4.69, 9.17) is 0 Å². The van der Waals surface area contributed by atoms with Gasteiger partial charge >= 0.3 is 0 Å². The van der Waals surface area contributed by atoms with Gasteiger partial charge in [0.1, 0.15) is 5.82 Å². The minimum atomic E-state index is 0.839. The van der Waals surface area contributed by atoms with Gasteiger partial charge in [-0.25, -0.2) is 4.98 Å². The minimum Gasteiger partial charge on any atom is -0.363 e. The maximum Gasteiger partial charge on any atom is 0.227 e. The van der Waals surface area contributed by atoms with Crippen molar-refractivity contribution in [3.8, 4) is 0 Å². The molecule has 0 radical (unpaired) electrons. The summed E-state index contributed by atoms with van der Waals surface area (Å²) < 4.78 is 0. The van der Waals surface area contributed by atoms with E-state index in [1.54, 1.807) is 0 Å². The summed E-state index contributed by atoms with van der Waals surface area (Å²) in [6.07, 6.45) is 1.84. The first kappa shape index (κ1) is 15.7. The number of hydrogen-bond acceptors (Lipinski definition) is 5. The fourth-order valence-electron chi connectivity index (χ4n) is 2.92. The molecular formula is C18H25N5. The molecule has 2 aromatic rings. The molecule has 0 amide bonds. The summed E-state index contributed by atoms with van der Waals surface area (Å²) >= 11 is 0. The summed E-state index contributed by atoms with van der Waals surface area (Å²) in [5, 5.41) is 0. The predicted octanol–water partition coefficient (Wildman–Crippen LogP) is 2.17. The molecule has 122 valence electrons. The maximum atomic E-state index is 4.64. The molecule has 1 saturated heterocycles. The van der Waals surface area contributed by atoms with Crippen LogP contribution < -0.4 is 9.80 Å². The zero-order chi connectivity index (χ0) is 16.2. The summed E-state index contributed by atoms with van der Waals surface area (Å²) in [6, 6.07) is 10.7. The lowest BCUT2D eigenvalue weighted by Crippen LogP contribution is -2.46. The number of piperazine rings is 1. The van der Waals surface area contributed by atoms with E-state index in [0.29, 0.717) is 0 Å². The summed E-state index contributed by atoms with van der Waals surface area (Å²) in [5.74, 6) is 1.79. The first-order valence-electron chi connectivity index (χ1n) is 8.15. The molecular weight excluding hydrogens is 286 g/mol. The second-order valence-electron chi connectivity index (χ2n) is 6.36. The van der Waals surface area contributed by atoms with E-state index in [2.05, 4.69) is 51.0 Å². The predicted molar refractivity (Wildman–Crippen MR) is 95.0 cm³/mol. The van der Waals surface area contributed by atoms with E-state index in [0.717, 1.165) is 44.5 Å². The fourth-order valence-corrected chi connectivity index (χ4v) is 2.92. The van der Waals surface area contributed by atoms with Crippen LogP contribution in [0.2, 0.25) is 0 Å². The molecule has 0 atom stereocenters. The second kappa shape index (κ2) is 6.96. The van der Waals surface area contributed by atoms with Crippen molar-refractivity contribution in [3.63, 3.8) is 0 Å². The molecule has 0 spiro atoms. The van der Waals surface area contributed by atoms with Crippen molar-refractivity contribution in [2.75, 3.05) is 50.1 Å². The first-order chi connectivity index (χ1) is 11.1. The molecule has 23 heavy (non-hydrogen) atoms. The van der Waals surface area contributed by atoms with Gasteiger partial charge in [0.15, 0.2) is 0 Å². The molecule has 1 aromatic carbocycles. The lowest BCUT2D eigenvalue weighted by Gasteiger charge is -2.35. The average molecular weight is 311 g/mol. The number of anilines is 2. The van der Waals surface area contributed by atoms with Crippen molar-refractivity contribution in [2.45, 2.75) is 13.5 Å². The zero-order valence-corrected chi connectivity index (χ0v) is 14.2. The monoisotopic (exact) mass is 311 g/mol. The Bertz CT molecular complexity index is 647. The lowest BCUT2D eigenvalue weighted by atomic mass is 10.1. The third-order valence-electron chi connectivity index (χ3n) is 4.23. The number of aromatic nitrogens is 2. The molecule has 1 fully saturated rings. The first-order valence-corrected chi connectivity index (χ1v) is 8.15. The van der Waals surface area contributed by atoms with Gasteiger partial charge in [0, 0.05) is 53.0 Å². The van der Waals surface area contributed by atoms with Crippen LogP contribution in [-0.4, -0.2) is 55.1 Å². The van der Waals surface area contributed by atoms with Crippen LogP contribution in [0.1, 0.15) is 11.1 Å². The van der Waals surface area contributed by atoms with E-state index >= 15 is 0 Å². The normalized spacial score (nSPS) is 15.7. The highest BCUT2D eigenvalue weighted by atomic mass is 15.3. The fraction of sp³-hybridized carbons (Fsp3) is 0.444. The Morgan fingerprint density at radius 2 is 1.87 bits per heavy atom. The molecule has 3 rings (SSSR count). The largest absolute Gasteiger partial charge is 0.363 e.